The molecule has 0 bridgehead atoms. The van der Waals surface area contributed by atoms with Gasteiger partial charge in [-0.2, -0.15) is 4.72 Å². The molecule has 1 aliphatic carbocycles. The molecule has 14 heteroatoms. The van der Waals surface area contributed by atoms with Crippen LogP contribution in [0.25, 0.3) is 0 Å². The molecule has 1 aliphatic rings. The van der Waals surface area contributed by atoms with E-state index in [0.717, 1.165) is 25.7 Å². The molecule has 1 aromatic carbocycles. The monoisotopic (exact) mass is 574 g/mol. The van der Waals surface area contributed by atoms with Gasteiger partial charge >= 0.3 is 5.97 Å². The molecule has 1 saturated carbocycles. The molecular weight excluding hydrogens is 543 g/mol. The molecule has 3 rings (SSSR count). The highest BCUT2D eigenvalue weighted by molar-refractivity contribution is 7.89. The van der Waals surface area contributed by atoms with E-state index in [2.05, 4.69) is 20.0 Å². The Bertz CT molecular complexity index is 1150. The van der Waals surface area contributed by atoms with Crippen molar-refractivity contribution in [1.29, 1.82) is 0 Å². The van der Waals surface area contributed by atoms with Crippen LogP contribution in [-0.2, 0) is 24.3 Å². The number of nitrogens with one attached hydrogen (secondary N) is 3. The summed E-state index contributed by atoms with van der Waals surface area (Å²) in [6.07, 6.45) is 7.16. The van der Waals surface area contributed by atoms with Crippen molar-refractivity contribution in [3.05, 3.63) is 34.6 Å². The number of hydrogen-bond donors (Lipinski definition) is 4. The first-order valence-electron chi connectivity index (χ1n) is 12.1. The van der Waals surface area contributed by atoms with Crippen LogP contribution in [0, 0.1) is 0 Å². The van der Waals surface area contributed by atoms with Crippen LogP contribution in [0.4, 0.5) is 11.6 Å². The van der Waals surface area contributed by atoms with E-state index in [1.54, 1.807) is 19.3 Å². The minimum atomic E-state index is -4.22. The van der Waals surface area contributed by atoms with Gasteiger partial charge in [-0.1, -0.05) is 36.0 Å². The Hall–Kier alpha value is -2.54. The number of sulfonamides is 1. The third-order valence-corrected chi connectivity index (χ3v) is 8.15. The van der Waals surface area contributed by atoms with Gasteiger partial charge < -0.3 is 25.7 Å². The van der Waals surface area contributed by atoms with Crippen LogP contribution in [0.1, 0.15) is 45.4 Å². The first kappa shape index (κ1) is 29.0. The Morgan fingerprint density at radius 1 is 1.27 bits per heavy atom. The van der Waals surface area contributed by atoms with Crippen molar-refractivity contribution in [2.75, 3.05) is 30.7 Å². The molecule has 1 amide bonds. The lowest BCUT2D eigenvalue weighted by Crippen LogP contribution is -2.53. The van der Waals surface area contributed by atoms with Gasteiger partial charge in [0.25, 0.3) is 0 Å². The second kappa shape index (κ2) is 13.3. The number of esters is 1. The number of amides is 1. The van der Waals surface area contributed by atoms with Gasteiger partial charge in [0, 0.05) is 25.0 Å². The van der Waals surface area contributed by atoms with Crippen LogP contribution < -0.4 is 15.8 Å². The van der Waals surface area contributed by atoms with E-state index in [1.807, 2.05) is 0 Å². The van der Waals surface area contributed by atoms with Crippen LogP contribution in [-0.4, -0.2) is 66.9 Å². The zero-order chi connectivity index (χ0) is 27.0. The summed E-state index contributed by atoms with van der Waals surface area (Å²) in [5.41, 5.74) is 5.80. The van der Waals surface area contributed by atoms with Gasteiger partial charge in [-0.05, 0) is 44.7 Å². The van der Waals surface area contributed by atoms with Crippen LogP contribution in [0.2, 0.25) is 10.0 Å². The minimum absolute atomic E-state index is 0.0201. The summed E-state index contributed by atoms with van der Waals surface area (Å²) in [7, 11) is -4.22. The lowest BCUT2D eigenvalue weighted by Gasteiger charge is -2.32. The molecule has 37 heavy (non-hydrogen) atoms. The number of anilines is 2. The zero-order valence-electron chi connectivity index (χ0n) is 20.5. The van der Waals surface area contributed by atoms with Crippen LogP contribution in [0.3, 0.4) is 0 Å². The summed E-state index contributed by atoms with van der Waals surface area (Å²) in [6, 6.07) is 1.04. The maximum atomic E-state index is 13.8. The number of rotatable bonds is 13. The fourth-order valence-corrected chi connectivity index (χ4v) is 6.12. The lowest BCUT2D eigenvalue weighted by molar-refractivity contribution is -0.151. The minimum Gasteiger partial charge on any atom is -0.465 e. The van der Waals surface area contributed by atoms with Crippen molar-refractivity contribution in [3.8, 4) is 0 Å². The number of hydrogen-bond acceptors (Lipinski definition) is 8. The fourth-order valence-electron chi connectivity index (χ4n) is 4.23. The highest BCUT2D eigenvalue weighted by atomic mass is 35.5. The number of ether oxygens (including phenoxy) is 1. The largest absolute Gasteiger partial charge is 0.465 e. The number of nitrogen functional groups attached to an aromatic ring is 1. The van der Waals surface area contributed by atoms with E-state index in [-0.39, 0.29) is 46.2 Å². The summed E-state index contributed by atoms with van der Waals surface area (Å²) < 4.78 is 34.2. The zero-order valence-corrected chi connectivity index (χ0v) is 22.8. The fraction of sp³-hybridized carbons (Fsp3) is 0.522. The number of nitrogens with zero attached hydrogens (tertiary/aromatic N) is 2. The van der Waals surface area contributed by atoms with Gasteiger partial charge in [-0.3, -0.25) is 9.59 Å². The van der Waals surface area contributed by atoms with E-state index < -0.39 is 27.9 Å². The number of imidazole rings is 1. The molecule has 1 atom stereocenters. The van der Waals surface area contributed by atoms with Crippen molar-refractivity contribution in [2.45, 2.75) is 62.4 Å². The lowest BCUT2D eigenvalue weighted by atomic mass is 10.1. The first-order valence-corrected chi connectivity index (χ1v) is 14.3. The molecule has 0 spiro atoms. The smallest absolute Gasteiger partial charge is 0.325 e. The molecule has 204 valence electrons. The van der Waals surface area contributed by atoms with Gasteiger partial charge in [-0.25, -0.2) is 13.4 Å². The normalized spacial score (nSPS) is 14.9. The number of benzene rings is 1. The highest BCUT2D eigenvalue weighted by Gasteiger charge is 2.35. The molecule has 0 saturated heterocycles. The SMILES string of the molecule is CCOC(=O)CN(C(=O)[C@H](CCCNc1ncc[nH]1)NS(=O)(=O)c1cc(Cl)c(N)c(Cl)c1)C1CCCC1. The summed E-state index contributed by atoms with van der Waals surface area (Å²) in [4.78, 5) is 34.3. The molecular formula is C23H32Cl2N6O5S. The van der Waals surface area contributed by atoms with Crippen LogP contribution in [0.15, 0.2) is 29.4 Å². The van der Waals surface area contributed by atoms with E-state index in [1.165, 1.54) is 17.0 Å². The molecule has 1 aromatic heterocycles. The maximum absolute atomic E-state index is 13.8. The molecule has 11 nitrogen and oxygen atoms in total. The number of carbonyl (C=O) groups is 2. The van der Waals surface area contributed by atoms with Crippen LogP contribution >= 0.6 is 23.2 Å². The number of halogens is 2. The highest BCUT2D eigenvalue weighted by Crippen LogP contribution is 2.31. The number of H-pyrrole nitrogens is 1. The van der Waals surface area contributed by atoms with E-state index in [0.29, 0.717) is 18.9 Å². The van der Waals surface area contributed by atoms with Gasteiger partial charge in [0.15, 0.2) is 5.95 Å². The average molecular weight is 576 g/mol. The predicted octanol–water partition coefficient (Wildman–Crippen LogP) is 3.17. The predicted molar refractivity (Wildman–Crippen MR) is 142 cm³/mol. The molecule has 5 N–H and O–H groups in total. The van der Waals surface area contributed by atoms with Crippen molar-refractivity contribution < 1.29 is 22.7 Å². The van der Waals surface area contributed by atoms with Crippen molar-refractivity contribution in [2.24, 2.45) is 0 Å². The van der Waals surface area contributed by atoms with Gasteiger partial charge in [0.05, 0.1) is 27.2 Å². The summed E-state index contributed by atoms with van der Waals surface area (Å²) in [5, 5.41) is 3.04. The molecule has 0 radical (unpaired) electrons. The Morgan fingerprint density at radius 2 is 1.95 bits per heavy atom. The Balaban J connectivity index is 1.84. The van der Waals surface area contributed by atoms with Crippen molar-refractivity contribution in [3.63, 3.8) is 0 Å². The summed E-state index contributed by atoms with van der Waals surface area (Å²) in [5.74, 6) is -0.473. The summed E-state index contributed by atoms with van der Waals surface area (Å²) >= 11 is 12.1. The average Bonchev–Trinajstić information content (AvgIpc) is 3.57. The Kier molecular flexibility index (Phi) is 10.4. The quantitative estimate of drug-likeness (QED) is 0.161. The molecule has 2 aromatic rings. The van der Waals surface area contributed by atoms with E-state index in [4.69, 9.17) is 33.7 Å². The first-order chi connectivity index (χ1) is 17.6. The van der Waals surface area contributed by atoms with Gasteiger partial charge in [0.2, 0.25) is 15.9 Å². The molecule has 1 heterocycles. The third kappa shape index (κ3) is 7.97. The van der Waals surface area contributed by atoms with E-state index >= 15 is 0 Å². The Labute approximate surface area is 226 Å². The van der Waals surface area contributed by atoms with Gasteiger partial charge in [-0.15, -0.1) is 0 Å². The second-order valence-electron chi connectivity index (χ2n) is 8.69. The number of nitrogens with two attached hydrogens (primary N) is 1. The standard InChI is InChI=1S/C23H32Cl2N6O5S/c1-2-36-20(32)14-31(15-6-3-4-7-15)22(33)19(8-5-9-27-23-28-10-11-29-23)30-37(34,35)16-12-17(24)21(26)18(25)13-16/h10-13,15,19,30H,2-9,14,26H2,1H3,(H2,27,28,29)/t19-/m0/s1. The number of aromatic nitrogens is 2. The number of carbonyl (C=O) groups excluding carboxylic acids is 2. The summed E-state index contributed by atoms with van der Waals surface area (Å²) in [6.45, 7) is 2.05. The molecule has 1 fully saturated rings. The second-order valence-corrected chi connectivity index (χ2v) is 11.2. The Morgan fingerprint density at radius 3 is 2.54 bits per heavy atom. The van der Waals surface area contributed by atoms with E-state index in [9.17, 15) is 18.0 Å². The third-order valence-electron chi connectivity index (χ3n) is 6.07. The van der Waals surface area contributed by atoms with Gasteiger partial charge in [0.1, 0.15) is 12.6 Å². The topological polar surface area (TPSA) is 160 Å². The van der Waals surface area contributed by atoms with Crippen molar-refractivity contribution >= 4 is 56.7 Å². The van der Waals surface area contributed by atoms with Crippen molar-refractivity contribution in [1.82, 2.24) is 19.6 Å². The molecule has 0 unspecified atom stereocenters. The maximum Gasteiger partial charge on any atom is 0.325 e. The van der Waals surface area contributed by atoms with Crippen LogP contribution in [0.5, 0.6) is 0 Å². The number of aromatic amines is 1. The molecule has 0 aliphatic heterocycles.